The van der Waals surface area contributed by atoms with Crippen LogP contribution in [0.25, 0.3) is 6.08 Å². The van der Waals surface area contributed by atoms with Crippen molar-refractivity contribution in [1.82, 2.24) is 4.90 Å². The molecule has 0 atom stereocenters. The lowest BCUT2D eigenvalue weighted by Crippen LogP contribution is -2.23. The maximum atomic E-state index is 12.3. The fourth-order valence-electron chi connectivity index (χ4n) is 3.33. The van der Waals surface area contributed by atoms with Gasteiger partial charge in [-0.25, -0.2) is 0 Å². The molecule has 2 amide bonds. The van der Waals surface area contributed by atoms with Crippen molar-refractivity contribution < 1.29 is 19.1 Å². The Labute approximate surface area is 177 Å². The van der Waals surface area contributed by atoms with Crippen molar-refractivity contribution in [3.05, 3.63) is 59.7 Å². The summed E-state index contributed by atoms with van der Waals surface area (Å²) in [5.74, 6) is 1.25. The molecule has 1 heterocycles. The smallest absolute Gasteiger partial charge is 0.248 e. The van der Waals surface area contributed by atoms with Crippen LogP contribution < -0.4 is 14.8 Å². The third kappa shape index (κ3) is 5.86. The van der Waals surface area contributed by atoms with E-state index in [-0.39, 0.29) is 17.9 Å². The molecule has 1 saturated heterocycles. The normalized spacial score (nSPS) is 13.9. The number of hydrogen-bond acceptors (Lipinski definition) is 4. The van der Waals surface area contributed by atoms with E-state index >= 15 is 0 Å². The van der Waals surface area contributed by atoms with Crippen molar-refractivity contribution in [2.45, 2.75) is 39.3 Å². The van der Waals surface area contributed by atoms with E-state index < -0.39 is 0 Å². The quantitative estimate of drug-likeness (QED) is 0.663. The molecule has 1 N–H and O–H groups in total. The molecule has 158 valence electrons. The lowest BCUT2D eigenvalue weighted by Gasteiger charge is -2.16. The summed E-state index contributed by atoms with van der Waals surface area (Å²) in [6, 6.07) is 13.1. The average molecular weight is 408 g/mol. The summed E-state index contributed by atoms with van der Waals surface area (Å²) in [7, 11) is 1.59. The van der Waals surface area contributed by atoms with Gasteiger partial charge < -0.3 is 19.7 Å². The number of nitrogens with one attached hydrogen (secondary N) is 1. The van der Waals surface area contributed by atoms with Crippen LogP contribution in [0.5, 0.6) is 11.5 Å². The fraction of sp³-hybridized carbons (Fsp3) is 0.333. The van der Waals surface area contributed by atoms with Crippen molar-refractivity contribution in [2.24, 2.45) is 0 Å². The number of anilines is 1. The first-order valence-corrected chi connectivity index (χ1v) is 10.1. The number of rotatable bonds is 8. The minimum atomic E-state index is -0.231. The number of likely N-dealkylation sites (tertiary alicyclic amines) is 1. The summed E-state index contributed by atoms with van der Waals surface area (Å²) in [4.78, 5) is 26.0. The van der Waals surface area contributed by atoms with Crippen LogP contribution in [0.15, 0.2) is 48.5 Å². The zero-order valence-electron chi connectivity index (χ0n) is 17.7. The van der Waals surface area contributed by atoms with Crippen LogP contribution in [-0.4, -0.2) is 36.5 Å². The molecule has 1 aliphatic rings. The Bertz CT molecular complexity index is 937. The molecular formula is C24H28N2O4. The highest BCUT2D eigenvalue weighted by atomic mass is 16.5. The van der Waals surface area contributed by atoms with E-state index in [0.717, 1.165) is 24.1 Å². The molecule has 3 rings (SSSR count). The van der Waals surface area contributed by atoms with Crippen molar-refractivity contribution in [2.75, 3.05) is 19.0 Å². The highest BCUT2D eigenvalue weighted by Gasteiger charge is 2.20. The van der Waals surface area contributed by atoms with E-state index in [1.807, 2.05) is 61.2 Å². The fourth-order valence-corrected chi connectivity index (χ4v) is 3.33. The van der Waals surface area contributed by atoms with Gasteiger partial charge in [-0.1, -0.05) is 18.2 Å². The molecule has 0 saturated carbocycles. The highest BCUT2D eigenvalue weighted by molar-refractivity contribution is 6.02. The summed E-state index contributed by atoms with van der Waals surface area (Å²) in [6.07, 6.45) is 4.79. The maximum Gasteiger partial charge on any atom is 0.248 e. The average Bonchev–Trinajstić information content (AvgIpc) is 3.11. The van der Waals surface area contributed by atoms with Crippen LogP contribution in [0.2, 0.25) is 0 Å². The Morgan fingerprint density at radius 3 is 2.73 bits per heavy atom. The predicted molar refractivity (Wildman–Crippen MR) is 118 cm³/mol. The number of ether oxygens (including phenoxy) is 2. The number of benzene rings is 2. The van der Waals surface area contributed by atoms with Crippen LogP contribution >= 0.6 is 0 Å². The molecule has 1 fully saturated rings. The van der Waals surface area contributed by atoms with Crippen LogP contribution in [-0.2, 0) is 16.1 Å². The predicted octanol–water partition coefficient (Wildman–Crippen LogP) is 4.26. The Morgan fingerprint density at radius 1 is 1.20 bits per heavy atom. The molecule has 6 heteroatoms. The minimum Gasteiger partial charge on any atom is -0.493 e. The summed E-state index contributed by atoms with van der Waals surface area (Å²) in [5, 5.41) is 2.87. The Hall–Kier alpha value is -3.28. The second-order valence-electron chi connectivity index (χ2n) is 7.52. The molecule has 0 unspecified atom stereocenters. The Morgan fingerprint density at radius 2 is 2.03 bits per heavy atom. The lowest BCUT2D eigenvalue weighted by molar-refractivity contribution is -0.128. The SMILES string of the molecule is COc1cc(/C=C/C(=O)Nc2cccc(CN3CCCC3=O)c2)ccc1OC(C)C. The van der Waals surface area contributed by atoms with Crippen LogP contribution in [0.4, 0.5) is 5.69 Å². The van der Waals surface area contributed by atoms with E-state index in [0.29, 0.717) is 30.2 Å². The second-order valence-corrected chi connectivity index (χ2v) is 7.52. The summed E-state index contributed by atoms with van der Waals surface area (Å²) >= 11 is 0. The van der Waals surface area contributed by atoms with Crippen LogP contribution in [0.1, 0.15) is 37.8 Å². The number of carbonyl (C=O) groups is 2. The number of carbonyl (C=O) groups excluding carboxylic acids is 2. The summed E-state index contributed by atoms with van der Waals surface area (Å²) in [5.41, 5.74) is 2.53. The number of nitrogens with zero attached hydrogens (tertiary/aromatic N) is 1. The first-order valence-electron chi connectivity index (χ1n) is 10.1. The third-order valence-electron chi connectivity index (χ3n) is 4.72. The van der Waals surface area contributed by atoms with Gasteiger partial charge in [0.15, 0.2) is 11.5 Å². The van der Waals surface area contributed by atoms with Crippen molar-refractivity contribution >= 4 is 23.6 Å². The molecule has 0 bridgehead atoms. The summed E-state index contributed by atoms with van der Waals surface area (Å²) in [6.45, 7) is 5.27. The molecule has 0 aliphatic carbocycles. The Kier molecular flexibility index (Phi) is 7.12. The van der Waals surface area contributed by atoms with Gasteiger partial charge >= 0.3 is 0 Å². The van der Waals surface area contributed by atoms with Crippen molar-refractivity contribution in [3.63, 3.8) is 0 Å². The van der Waals surface area contributed by atoms with E-state index in [1.165, 1.54) is 6.08 Å². The molecule has 0 radical (unpaired) electrons. The molecule has 0 aromatic heterocycles. The number of hydrogen-bond donors (Lipinski definition) is 1. The van der Waals surface area contributed by atoms with E-state index in [1.54, 1.807) is 13.2 Å². The monoisotopic (exact) mass is 408 g/mol. The molecule has 0 spiro atoms. The van der Waals surface area contributed by atoms with Gasteiger partial charge in [-0.15, -0.1) is 0 Å². The molecule has 2 aromatic rings. The van der Waals surface area contributed by atoms with Gasteiger partial charge in [-0.3, -0.25) is 9.59 Å². The van der Waals surface area contributed by atoms with Gasteiger partial charge in [0, 0.05) is 31.3 Å². The zero-order chi connectivity index (χ0) is 21.5. The second kappa shape index (κ2) is 9.96. The standard InChI is InChI=1S/C24H28N2O4/c1-17(2)30-21-11-9-18(15-22(21)29-3)10-12-23(27)25-20-7-4-6-19(14-20)16-26-13-5-8-24(26)28/h4,6-7,9-12,14-15,17H,5,8,13,16H2,1-3H3,(H,25,27)/b12-10+. The first kappa shape index (κ1) is 21.4. The van der Waals surface area contributed by atoms with Gasteiger partial charge in [0.1, 0.15) is 0 Å². The Balaban J connectivity index is 1.62. The van der Waals surface area contributed by atoms with Gasteiger partial charge in [-0.05, 0) is 61.7 Å². The number of amides is 2. The largest absolute Gasteiger partial charge is 0.493 e. The van der Waals surface area contributed by atoms with Crippen LogP contribution in [0.3, 0.4) is 0 Å². The van der Waals surface area contributed by atoms with Gasteiger partial charge in [0.05, 0.1) is 13.2 Å². The van der Waals surface area contributed by atoms with Crippen molar-refractivity contribution in [3.8, 4) is 11.5 Å². The van der Waals surface area contributed by atoms with E-state index in [4.69, 9.17) is 9.47 Å². The topological polar surface area (TPSA) is 67.9 Å². The number of methoxy groups -OCH3 is 1. The van der Waals surface area contributed by atoms with E-state index in [2.05, 4.69) is 5.32 Å². The zero-order valence-corrected chi connectivity index (χ0v) is 17.7. The summed E-state index contributed by atoms with van der Waals surface area (Å²) < 4.78 is 11.1. The third-order valence-corrected chi connectivity index (χ3v) is 4.72. The minimum absolute atomic E-state index is 0.0467. The van der Waals surface area contributed by atoms with Gasteiger partial charge in [0.25, 0.3) is 0 Å². The first-order chi connectivity index (χ1) is 14.4. The van der Waals surface area contributed by atoms with E-state index in [9.17, 15) is 9.59 Å². The van der Waals surface area contributed by atoms with Gasteiger partial charge in [0.2, 0.25) is 11.8 Å². The highest BCUT2D eigenvalue weighted by Crippen LogP contribution is 2.29. The van der Waals surface area contributed by atoms with Crippen LogP contribution in [0, 0.1) is 0 Å². The molecule has 1 aliphatic heterocycles. The molecule has 6 nitrogen and oxygen atoms in total. The van der Waals surface area contributed by atoms with Crippen molar-refractivity contribution in [1.29, 1.82) is 0 Å². The molecule has 30 heavy (non-hydrogen) atoms. The maximum absolute atomic E-state index is 12.3. The molecule has 2 aromatic carbocycles. The van der Waals surface area contributed by atoms with Gasteiger partial charge in [-0.2, -0.15) is 0 Å². The lowest BCUT2D eigenvalue weighted by atomic mass is 10.1. The molecular weight excluding hydrogens is 380 g/mol.